The van der Waals surface area contributed by atoms with E-state index in [0.717, 1.165) is 5.92 Å². The summed E-state index contributed by atoms with van der Waals surface area (Å²) in [7, 11) is 2.15. The second kappa shape index (κ2) is 7.78. The Morgan fingerprint density at radius 3 is 2.39 bits per heavy atom. The number of rotatable bonds is 6. The van der Waals surface area contributed by atoms with Crippen LogP contribution in [0, 0.1) is 5.92 Å². The van der Waals surface area contributed by atoms with Gasteiger partial charge in [-0.1, -0.05) is 13.3 Å². The van der Waals surface area contributed by atoms with Crippen molar-refractivity contribution in [3.05, 3.63) is 0 Å². The molecule has 0 N–H and O–H groups in total. The molecule has 1 unspecified atom stereocenters. The summed E-state index contributed by atoms with van der Waals surface area (Å²) in [5, 5.41) is 0. The standard InChI is InChI=1S/C15H29NO2/c1-5-13-7-9-14(10-8-13)16(4)12(3)11-15(17)18-6-2/h12-14H,5-11H2,1-4H3. The number of hydrogen-bond donors (Lipinski definition) is 0. The smallest absolute Gasteiger partial charge is 0.307 e. The summed E-state index contributed by atoms with van der Waals surface area (Å²) in [5.41, 5.74) is 0. The third kappa shape index (κ3) is 4.60. The first kappa shape index (κ1) is 15.5. The fourth-order valence-corrected chi connectivity index (χ4v) is 2.93. The van der Waals surface area contributed by atoms with Crippen molar-refractivity contribution in [1.82, 2.24) is 4.90 Å². The van der Waals surface area contributed by atoms with Gasteiger partial charge in [-0.2, -0.15) is 0 Å². The van der Waals surface area contributed by atoms with E-state index in [2.05, 4.69) is 25.8 Å². The molecule has 3 heteroatoms. The minimum Gasteiger partial charge on any atom is -0.466 e. The molecule has 3 nitrogen and oxygen atoms in total. The summed E-state index contributed by atoms with van der Waals surface area (Å²) in [6.45, 7) is 6.76. The number of nitrogens with zero attached hydrogens (tertiary/aromatic N) is 1. The van der Waals surface area contributed by atoms with Crippen molar-refractivity contribution in [3.8, 4) is 0 Å². The molecule has 0 saturated heterocycles. The minimum atomic E-state index is -0.0703. The third-order valence-electron chi connectivity index (χ3n) is 4.43. The van der Waals surface area contributed by atoms with Crippen molar-refractivity contribution in [1.29, 1.82) is 0 Å². The first-order valence-corrected chi connectivity index (χ1v) is 7.46. The van der Waals surface area contributed by atoms with E-state index >= 15 is 0 Å². The molecule has 1 saturated carbocycles. The molecule has 0 aromatic carbocycles. The fraction of sp³-hybridized carbons (Fsp3) is 0.933. The van der Waals surface area contributed by atoms with Crippen LogP contribution in [0.2, 0.25) is 0 Å². The zero-order valence-electron chi connectivity index (χ0n) is 12.4. The Labute approximate surface area is 112 Å². The molecule has 0 amide bonds. The quantitative estimate of drug-likeness (QED) is 0.682. The fourth-order valence-electron chi connectivity index (χ4n) is 2.93. The number of esters is 1. The molecular formula is C15H29NO2. The second-order valence-corrected chi connectivity index (χ2v) is 5.61. The van der Waals surface area contributed by atoms with E-state index in [-0.39, 0.29) is 12.0 Å². The molecular weight excluding hydrogens is 226 g/mol. The third-order valence-corrected chi connectivity index (χ3v) is 4.43. The van der Waals surface area contributed by atoms with Gasteiger partial charge < -0.3 is 9.64 Å². The van der Waals surface area contributed by atoms with Crippen molar-refractivity contribution in [2.45, 2.75) is 71.4 Å². The largest absolute Gasteiger partial charge is 0.466 e. The maximum Gasteiger partial charge on any atom is 0.307 e. The minimum absolute atomic E-state index is 0.0703. The Morgan fingerprint density at radius 2 is 1.89 bits per heavy atom. The average Bonchev–Trinajstić information content (AvgIpc) is 2.38. The van der Waals surface area contributed by atoms with E-state index in [1.54, 1.807) is 0 Å². The van der Waals surface area contributed by atoms with Crippen molar-refractivity contribution in [2.75, 3.05) is 13.7 Å². The van der Waals surface area contributed by atoms with Crippen molar-refractivity contribution in [3.63, 3.8) is 0 Å². The molecule has 0 aromatic heterocycles. The van der Waals surface area contributed by atoms with Gasteiger partial charge in [-0.05, 0) is 52.5 Å². The lowest BCUT2D eigenvalue weighted by atomic mass is 9.83. The van der Waals surface area contributed by atoms with Crippen molar-refractivity contribution >= 4 is 5.97 Å². The molecule has 1 aliphatic carbocycles. The Balaban J connectivity index is 2.35. The monoisotopic (exact) mass is 255 g/mol. The highest BCUT2D eigenvalue weighted by molar-refractivity contribution is 5.70. The molecule has 1 atom stereocenters. The maximum absolute atomic E-state index is 11.5. The Hall–Kier alpha value is -0.570. The zero-order chi connectivity index (χ0) is 13.5. The van der Waals surface area contributed by atoms with Crippen LogP contribution < -0.4 is 0 Å². The Morgan fingerprint density at radius 1 is 1.28 bits per heavy atom. The van der Waals surface area contributed by atoms with Gasteiger partial charge in [0.1, 0.15) is 0 Å². The molecule has 0 aromatic rings. The second-order valence-electron chi connectivity index (χ2n) is 5.61. The van der Waals surface area contributed by atoms with Gasteiger partial charge in [0.05, 0.1) is 13.0 Å². The van der Waals surface area contributed by atoms with Gasteiger partial charge in [0, 0.05) is 12.1 Å². The first-order chi connectivity index (χ1) is 8.58. The highest BCUT2D eigenvalue weighted by Crippen LogP contribution is 2.29. The summed E-state index contributed by atoms with van der Waals surface area (Å²) in [6.07, 6.45) is 7.08. The number of carbonyl (C=O) groups excluding carboxylic acids is 1. The van der Waals surface area contributed by atoms with Gasteiger partial charge in [-0.25, -0.2) is 0 Å². The van der Waals surface area contributed by atoms with Gasteiger partial charge in [0.25, 0.3) is 0 Å². The van der Waals surface area contributed by atoms with Crippen LogP contribution in [-0.4, -0.2) is 36.6 Å². The predicted octanol–water partition coefficient (Wildman–Crippen LogP) is 3.23. The topological polar surface area (TPSA) is 29.5 Å². The average molecular weight is 255 g/mol. The lowest BCUT2D eigenvalue weighted by molar-refractivity contribution is -0.144. The van der Waals surface area contributed by atoms with Crippen LogP contribution in [0.3, 0.4) is 0 Å². The van der Waals surface area contributed by atoms with E-state index in [9.17, 15) is 4.79 Å². The lowest BCUT2D eigenvalue weighted by Gasteiger charge is -2.37. The van der Waals surface area contributed by atoms with Gasteiger partial charge in [0.2, 0.25) is 0 Å². The summed E-state index contributed by atoms with van der Waals surface area (Å²) in [6, 6.07) is 0.935. The van der Waals surface area contributed by atoms with Crippen LogP contribution in [0.15, 0.2) is 0 Å². The highest BCUT2D eigenvalue weighted by Gasteiger charge is 2.26. The van der Waals surface area contributed by atoms with Crippen LogP contribution in [0.4, 0.5) is 0 Å². The van der Waals surface area contributed by atoms with Crippen LogP contribution in [-0.2, 0) is 9.53 Å². The van der Waals surface area contributed by atoms with E-state index < -0.39 is 0 Å². The molecule has 0 radical (unpaired) electrons. The summed E-state index contributed by atoms with van der Waals surface area (Å²) in [4.78, 5) is 13.9. The molecule has 0 heterocycles. The van der Waals surface area contributed by atoms with Crippen molar-refractivity contribution < 1.29 is 9.53 Å². The van der Waals surface area contributed by atoms with Gasteiger partial charge in [-0.15, -0.1) is 0 Å². The maximum atomic E-state index is 11.5. The molecule has 1 aliphatic rings. The molecule has 106 valence electrons. The number of carbonyl (C=O) groups is 1. The van der Waals surface area contributed by atoms with Crippen LogP contribution >= 0.6 is 0 Å². The summed E-state index contributed by atoms with van der Waals surface area (Å²) < 4.78 is 5.02. The van der Waals surface area contributed by atoms with E-state index in [1.165, 1.54) is 32.1 Å². The van der Waals surface area contributed by atoms with E-state index in [1.807, 2.05) is 6.92 Å². The summed E-state index contributed by atoms with van der Waals surface area (Å²) >= 11 is 0. The van der Waals surface area contributed by atoms with Gasteiger partial charge in [-0.3, -0.25) is 4.79 Å². The zero-order valence-corrected chi connectivity index (χ0v) is 12.4. The SMILES string of the molecule is CCOC(=O)CC(C)N(C)C1CCC(CC)CC1. The van der Waals surface area contributed by atoms with Crippen LogP contribution in [0.25, 0.3) is 0 Å². The molecule has 1 fully saturated rings. The van der Waals surface area contributed by atoms with E-state index in [4.69, 9.17) is 4.74 Å². The Bertz CT molecular complexity index is 247. The highest BCUT2D eigenvalue weighted by atomic mass is 16.5. The molecule has 0 spiro atoms. The molecule has 1 rings (SSSR count). The van der Waals surface area contributed by atoms with Crippen LogP contribution in [0.1, 0.15) is 59.3 Å². The first-order valence-electron chi connectivity index (χ1n) is 7.46. The number of ether oxygens (including phenoxy) is 1. The Kier molecular flexibility index (Phi) is 6.69. The molecule has 0 bridgehead atoms. The normalized spacial score (nSPS) is 26.1. The molecule has 18 heavy (non-hydrogen) atoms. The molecule has 0 aliphatic heterocycles. The van der Waals surface area contributed by atoms with E-state index in [0.29, 0.717) is 19.1 Å². The predicted molar refractivity (Wildman–Crippen MR) is 74.5 cm³/mol. The summed E-state index contributed by atoms with van der Waals surface area (Å²) in [5.74, 6) is 0.856. The van der Waals surface area contributed by atoms with Gasteiger partial charge in [0.15, 0.2) is 0 Å². The van der Waals surface area contributed by atoms with Gasteiger partial charge >= 0.3 is 5.97 Å². The van der Waals surface area contributed by atoms with Crippen molar-refractivity contribution in [2.24, 2.45) is 5.92 Å². The number of hydrogen-bond acceptors (Lipinski definition) is 3. The lowest BCUT2D eigenvalue weighted by Crippen LogP contribution is -2.41. The van der Waals surface area contributed by atoms with Crippen LogP contribution in [0.5, 0.6) is 0 Å².